The minimum absolute atomic E-state index is 0.114. The molecule has 2 fully saturated rings. The first kappa shape index (κ1) is 8.28. The molecular formula is C11H18O. The normalized spacial score (nSPS) is 45.2. The molecule has 0 heterocycles. The smallest absolute Gasteiger partial charge is 0.136 e. The summed E-state index contributed by atoms with van der Waals surface area (Å²) in [4.78, 5) is 11.6. The van der Waals surface area contributed by atoms with Crippen LogP contribution in [0.1, 0.15) is 46.0 Å². The van der Waals surface area contributed by atoms with Crippen LogP contribution in [0.25, 0.3) is 0 Å². The standard InChI is InChI=1S/C11H18O/c1-3-11(8(2)12)7-9-4-5-10(11)6-9/h9-10H,3-7H2,1-2H3. The second-order valence-electron chi connectivity index (χ2n) is 4.65. The van der Waals surface area contributed by atoms with Gasteiger partial charge in [-0.05, 0) is 44.4 Å². The highest BCUT2D eigenvalue weighted by molar-refractivity contribution is 5.83. The highest BCUT2D eigenvalue weighted by Crippen LogP contribution is 2.57. The van der Waals surface area contributed by atoms with Crippen molar-refractivity contribution in [3.05, 3.63) is 0 Å². The summed E-state index contributed by atoms with van der Waals surface area (Å²) in [6.07, 6.45) is 6.32. The lowest BCUT2D eigenvalue weighted by molar-refractivity contribution is -0.129. The Morgan fingerprint density at radius 2 is 2.25 bits per heavy atom. The molecule has 0 amide bonds. The number of hydrogen-bond acceptors (Lipinski definition) is 1. The summed E-state index contributed by atoms with van der Waals surface area (Å²) in [5.41, 5.74) is 0.114. The highest BCUT2D eigenvalue weighted by atomic mass is 16.1. The number of Topliss-reactive ketones (excluding diaryl/α,β-unsaturated/α-hetero) is 1. The van der Waals surface area contributed by atoms with E-state index < -0.39 is 0 Å². The largest absolute Gasteiger partial charge is 0.299 e. The molecule has 0 saturated heterocycles. The average Bonchev–Trinajstić information content (AvgIpc) is 2.62. The van der Waals surface area contributed by atoms with Crippen molar-refractivity contribution in [1.29, 1.82) is 0 Å². The molecule has 1 heteroatoms. The topological polar surface area (TPSA) is 17.1 Å². The van der Waals surface area contributed by atoms with Gasteiger partial charge in [-0.2, -0.15) is 0 Å². The van der Waals surface area contributed by atoms with Crippen molar-refractivity contribution in [1.82, 2.24) is 0 Å². The van der Waals surface area contributed by atoms with Gasteiger partial charge in [0, 0.05) is 5.41 Å². The molecule has 68 valence electrons. The Hall–Kier alpha value is -0.330. The fourth-order valence-corrected chi connectivity index (χ4v) is 3.56. The fourth-order valence-electron chi connectivity index (χ4n) is 3.56. The lowest BCUT2D eigenvalue weighted by Crippen LogP contribution is -2.34. The van der Waals surface area contributed by atoms with Crippen LogP contribution in [0.4, 0.5) is 0 Å². The quantitative estimate of drug-likeness (QED) is 0.616. The Balaban J connectivity index is 2.25. The first-order chi connectivity index (χ1) is 5.69. The van der Waals surface area contributed by atoms with Crippen LogP contribution in [0, 0.1) is 17.3 Å². The van der Waals surface area contributed by atoms with Gasteiger partial charge in [0.1, 0.15) is 5.78 Å². The van der Waals surface area contributed by atoms with Gasteiger partial charge in [-0.15, -0.1) is 0 Å². The van der Waals surface area contributed by atoms with E-state index in [-0.39, 0.29) is 5.41 Å². The zero-order valence-corrected chi connectivity index (χ0v) is 8.10. The van der Waals surface area contributed by atoms with E-state index in [1.54, 1.807) is 6.92 Å². The summed E-state index contributed by atoms with van der Waals surface area (Å²) in [6.45, 7) is 3.98. The van der Waals surface area contributed by atoms with Gasteiger partial charge in [0.2, 0.25) is 0 Å². The number of hydrogen-bond donors (Lipinski definition) is 0. The third-order valence-electron chi connectivity index (χ3n) is 4.31. The lowest BCUT2D eigenvalue weighted by Gasteiger charge is -2.34. The van der Waals surface area contributed by atoms with Crippen LogP contribution in [-0.4, -0.2) is 5.78 Å². The van der Waals surface area contributed by atoms with Crippen LogP contribution in [0.5, 0.6) is 0 Å². The van der Waals surface area contributed by atoms with Crippen molar-refractivity contribution in [3.63, 3.8) is 0 Å². The van der Waals surface area contributed by atoms with Gasteiger partial charge in [-0.25, -0.2) is 0 Å². The first-order valence-corrected chi connectivity index (χ1v) is 5.20. The third-order valence-corrected chi connectivity index (χ3v) is 4.31. The molecule has 0 aliphatic heterocycles. The van der Waals surface area contributed by atoms with Crippen LogP contribution < -0.4 is 0 Å². The Bertz CT molecular complexity index is 209. The Morgan fingerprint density at radius 1 is 1.50 bits per heavy atom. The van der Waals surface area contributed by atoms with Gasteiger partial charge >= 0.3 is 0 Å². The molecule has 0 aromatic carbocycles. The van der Waals surface area contributed by atoms with Gasteiger partial charge in [0.15, 0.2) is 0 Å². The molecule has 12 heavy (non-hydrogen) atoms. The zero-order chi connectivity index (χ0) is 8.77. The van der Waals surface area contributed by atoms with E-state index in [1.807, 2.05) is 0 Å². The van der Waals surface area contributed by atoms with Crippen molar-refractivity contribution in [2.45, 2.75) is 46.0 Å². The molecule has 2 aliphatic rings. The van der Waals surface area contributed by atoms with Crippen LogP contribution >= 0.6 is 0 Å². The molecule has 0 aromatic rings. The van der Waals surface area contributed by atoms with Gasteiger partial charge < -0.3 is 0 Å². The molecule has 0 spiro atoms. The Morgan fingerprint density at radius 3 is 2.50 bits per heavy atom. The van der Waals surface area contributed by atoms with E-state index in [0.29, 0.717) is 5.78 Å². The summed E-state index contributed by atoms with van der Waals surface area (Å²) < 4.78 is 0. The van der Waals surface area contributed by atoms with Crippen molar-refractivity contribution in [2.75, 3.05) is 0 Å². The minimum Gasteiger partial charge on any atom is -0.299 e. The zero-order valence-electron chi connectivity index (χ0n) is 8.10. The second-order valence-corrected chi connectivity index (χ2v) is 4.65. The SMILES string of the molecule is CCC1(C(C)=O)CC2CCC1C2. The van der Waals surface area contributed by atoms with E-state index in [2.05, 4.69) is 6.92 Å². The van der Waals surface area contributed by atoms with E-state index in [0.717, 1.165) is 18.3 Å². The molecule has 0 radical (unpaired) electrons. The molecule has 0 N–H and O–H groups in total. The fraction of sp³-hybridized carbons (Fsp3) is 0.909. The first-order valence-electron chi connectivity index (χ1n) is 5.20. The summed E-state index contributed by atoms with van der Waals surface area (Å²) in [7, 11) is 0. The van der Waals surface area contributed by atoms with Gasteiger partial charge in [0.25, 0.3) is 0 Å². The predicted octanol–water partition coefficient (Wildman–Crippen LogP) is 2.79. The van der Waals surface area contributed by atoms with Crippen molar-refractivity contribution in [2.24, 2.45) is 17.3 Å². The summed E-state index contributed by atoms with van der Waals surface area (Å²) in [6, 6.07) is 0. The molecule has 2 bridgehead atoms. The van der Waals surface area contributed by atoms with E-state index in [9.17, 15) is 4.79 Å². The molecule has 2 rings (SSSR count). The molecule has 2 aliphatic carbocycles. The van der Waals surface area contributed by atoms with Gasteiger partial charge in [-0.1, -0.05) is 13.3 Å². The van der Waals surface area contributed by atoms with Crippen molar-refractivity contribution >= 4 is 5.78 Å². The molecule has 3 unspecified atom stereocenters. The summed E-state index contributed by atoms with van der Waals surface area (Å²) in [5.74, 6) is 2.08. The monoisotopic (exact) mass is 166 g/mol. The van der Waals surface area contributed by atoms with Crippen LogP contribution in [0.3, 0.4) is 0 Å². The molecule has 2 saturated carbocycles. The molecule has 0 aromatic heterocycles. The number of ketones is 1. The number of rotatable bonds is 2. The maximum absolute atomic E-state index is 11.6. The van der Waals surface area contributed by atoms with Crippen molar-refractivity contribution in [3.8, 4) is 0 Å². The van der Waals surface area contributed by atoms with Crippen molar-refractivity contribution < 1.29 is 4.79 Å². The number of carbonyl (C=O) groups is 1. The maximum atomic E-state index is 11.6. The second kappa shape index (κ2) is 2.58. The lowest BCUT2D eigenvalue weighted by atomic mass is 9.69. The van der Waals surface area contributed by atoms with E-state index >= 15 is 0 Å². The molecule has 1 nitrogen and oxygen atoms in total. The third kappa shape index (κ3) is 0.884. The number of carbonyl (C=O) groups excluding carboxylic acids is 1. The van der Waals surface area contributed by atoms with E-state index in [4.69, 9.17) is 0 Å². The van der Waals surface area contributed by atoms with Gasteiger partial charge in [0.05, 0.1) is 0 Å². The Labute approximate surface area is 74.5 Å². The average molecular weight is 166 g/mol. The van der Waals surface area contributed by atoms with Crippen LogP contribution in [0.15, 0.2) is 0 Å². The predicted molar refractivity (Wildman–Crippen MR) is 48.9 cm³/mol. The molecule has 3 atom stereocenters. The summed E-state index contributed by atoms with van der Waals surface area (Å²) in [5, 5.41) is 0. The minimum atomic E-state index is 0.114. The highest BCUT2D eigenvalue weighted by Gasteiger charge is 2.52. The van der Waals surface area contributed by atoms with E-state index in [1.165, 1.54) is 25.7 Å². The summed E-state index contributed by atoms with van der Waals surface area (Å²) >= 11 is 0. The number of fused-ring (bicyclic) bond motifs is 2. The molecular weight excluding hydrogens is 148 g/mol. The van der Waals surface area contributed by atoms with Crippen LogP contribution in [0.2, 0.25) is 0 Å². The Kier molecular flexibility index (Phi) is 1.78. The van der Waals surface area contributed by atoms with Gasteiger partial charge in [-0.3, -0.25) is 4.79 Å². The van der Waals surface area contributed by atoms with Crippen LogP contribution in [-0.2, 0) is 4.79 Å². The maximum Gasteiger partial charge on any atom is 0.136 e.